The average Bonchev–Trinajstić information content (AvgIpc) is 2.71. The monoisotopic (exact) mass is 211 g/mol. The Morgan fingerprint density at radius 1 is 1.71 bits per heavy atom. The normalized spacial score (nSPS) is 28.1. The predicted octanol–water partition coefficient (Wildman–Crippen LogP) is 1.83. The van der Waals surface area contributed by atoms with Crippen molar-refractivity contribution in [3.05, 3.63) is 22.4 Å². The largest absolute Gasteiger partial charge is 0.481 e. The van der Waals surface area contributed by atoms with E-state index < -0.39 is 5.97 Å². The molecule has 2 rings (SSSR count). The number of rotatable bonds is 2. The van der Waals surface area contributed by atoms with E-state index in [9.17, 15) is 4.79 Å². The lowest BCUT2D eigenvalue weighted by atomic mass is 9.99. The molecule has 2 heterocycles. The average molecular weight is 211 g/mol. The number of carboxylic acids is 1. The molecule has 0 bridgehead atoms. The van der Waals surface area contributed by atoms with Gasteiger partial charge in [0.1, 0.15) is 0 Å². The van der Waals surface area contributed by atoms with Crippen molar-refractivity contribution in [3.63, 3.8) is 0 Å². The van der Waals surface area contributed by atoms with Gasteiger partial charge in [0.05, 0.1) is 12.0 Å². The summed E-state index contributed by atoms with van der Waals surface area (Å²) in [5.74, 6) is -0.911. The number of thiophene rings is 1. The van der Waals surface area contributed by atoms with E-state index >= 15 is 0 Å². The number of likely N-dealkylation sites (tertiary alicyclic amines) is 1. The molecule has 0 radical (unpaired) electrons. The summed E-state index contributed by atoms with van der Waals surface area (Å²) in [6.45, 7) is 0.875. The minimum Gasteiger partial charge on any atom is -0.481 e. The fourth-order valence-electron chi connectivity index (χ4n) is 2.08. The van der Waals surface area contributed by atoms with Gasteiger partial charge in [-0.25, -0.2) is 0 Å². The van der Waals surface area contributed by atoms with Crippen molar-refractivity contribution in [1.29, 1.82) is 0 Å². The van der Waals surface area contributed by atoms with Crippen LogP contribution in [0, 0.1) is 5.92 Å². The van der Waals surface area contributed by atoms with Crippen LogP contribution in [0.15, 0.2) is 17.5 Å². The van der Waals surface area contributed by atoms with Gasteiger partial charge in [-0.05, 0) is 31.5 Å². The highest BCUT2D eigenvalue weighted by atomic mass is 32.1. The fraction of sp³-hybridized carbons (Fsp3) is 0.500. The maximum atomic E-state index is 11.0. The van der Waals surface area contributed by atoms with Crippen LogP contribution in [-0.2, 0) is 4.79 Å². The Labute approximate surface area is 87.0 Å². The summed E-state index contributed by atoms with van der Waals surface area (Å²) in [4.78, 5) is 14.3. The molecule has 0 unspecified atom stereocenters. The van der Waals surface area contributed by atoms with Crippen molar-refractivity contribution in [3.8, 4) is 0 Å². The first kappa shape index (κ1) is 9.68. The third kappa shape index (κ3) is 1.55. The van der Waals surface area contributed by atoms with Crippen LogP contribution in [0.2, 0.25) is 0 Å². The molecule has 1 aromatic rings. The van der Waals surface area contributed by atoms with Crippen LogP contribution < -0.4 is 0 Å². The summed E-state index contributed by atoms with van der Waals surface area (Å²) in [6, 6.07) is 4.07. The lowest BCUT2D eigenvalue weighted by Gasteiger charge is -2.21. The molecule has 0 saturated carbocycles. The van der Waals surface area contributed by atoms with Gasteiger partial charge in [0.15, 0.2) is 0 Å². The highest BCUT2D eigenvalue weighted by Gasteiger charge is 2.38. The van der Waals surface area contributed by atoms with E-state index in [2.05, 4.69) is 4.90 Å². The van der Waals surface area contributed by atoms with Crippen LogP contribution in [0.5, 0.6) is 0 Å². The van der Waals surface area contributed by atoms with Crippen molar-refractivity contribution in [2.24, 2.45) is 5.92 Å². The third-order valence-electron chi connectivity index (χ3n) is 2.80. The van der Waals surface area contributed by atoms with Gasteiger partial charge in [-0.2, -0.15) is 0 Å². The summed E-state index contributed by atoms with van der Waals surface area (Å²) in [7, 11) is 1.99. The number of hydrogen-bond donors (Lipinski definition) is 1. The molecule has 4 heteroatoms. The van der Waals surface area contributed by atoms with Crippen LogP contribution in [0.3, 0.4) is 0 Å². The maximum Gasteiger partial charge on any atom is 0.308 e. The Morgan fingerprint density at radius 2 is 2.50 bits per heavy atom. The van der Waals surface area contributed by atoms with E-state index in [0.717, 1.165) is 17.8 Å². The van der Waals surface area contributed by atoms with E-state index in [1.165, 1.54) is 0 Å². The first-order valence-corrected chi connectivity index (χ1v) is 5.54. The molecule has 0 spiro atoms. The summed E-state index contributed by atoms with van der Waals surface area (Å²) < 4.78 is 0. The fourth-order valence-corrected chi connectivity index (χ4v) is 3.04. The molecular formula is C10H13NO2S. The van der Waals surface area contributed by atoms with Gasteiger partial charge in [-0.15, -0.1) is 11.3 Å². The zero-order valence-electron chi connectivity index (χ0n) is 8.01. The minimum absolute atomic E-state index is 0.0764. The number of hydrogen-bond acceptors (Lipinski definition) is 3. The van der Waals surface area contributed by atoms with Crippen molar-refractivity contribution < 1.29 is 9.90 Å². The van der Waals surface area contributed by atoms with Crippen molar-refractivity contribution in [2.45, 2.75) is 12.5 Å². The van der Waals surface area contributed by atoms with E-state index in [0.29, 0.717) is 0 Å². The van der Waals surface area contributed by atoms with Crippen LogP contribution in [0.1, 0.15) is 17.3 Å². The topological polar surface area (TPSA) is 40.5 Å². The lowest BCUT2D eigenvalue weighted by Crippen LogP contribution is -2.24. The first-order valence-electron chi connectivity index (χ1n) is 4.66. The molecule has 3 nitrogen and oxygen atoms in total. The lowest BCUT2D eigenvalue weighted by molar-refractivity contribution is -0.142. The van der Waals surface area contributed by atoms with Crippen molar-refractivity contribution in [1.82, 2.24) is 4.90 Å². The SMILES string of the molecule is CN1CC[C@H](C(=O)O)[C@H]1c1cccs1. The molecule has 1 N–H and O–H groups in total. The van der Waals surface area contributed by atoms with Gasteiger partial charge in [0.2, 0.25) is 0 Å². The molecule has 1 aliphatic heterocycles. The predicted molar refractivity (Wildman–Crippen MR) is 55.4 cm³/mol. The van der Waals surface area contributed by atoms with E-state index in [1.807, 2.05) is 24.6 Å². The van der Waals surface area contributed by atoms with Gasteiger partial charge < -0.3 is 5.11 Å². The number of carbonyl (C=O) groups is 1. The summed E-state index contributed by atoms with van der Waals surface area (Å²) in [6.07, 6.45) is 0.758. The zero-order valence-corrected chi connectivity index (χ0v) is 8.83. The summed E-state index contributed by atoms with van der Waals surface area (Å²) in [5, 5.41) is 11.1. The molecule has 1 fully saturated rings. The smallest absolute Gasteiger partial charge is 0.308 e. The number of nitrogens with zero attached hydrogens (tertiary/aromatic N) is 1. The van der Waals surface area contributed by atoms with Crippen LogP contribution >= 0.6 is 11.3 Å². The second kappa shape index (κ2) is 3.71. The Hall–Kier alpha value is -0.870. The zero-order chi connectivity index (χ0) is 10.1. The molecule has 2 atom stereocenters. The minimum atomic E-state index is -0.673. The summed E-state index contributed by atoms with van der Waals surface area (Å²) >= 11 is 1.64. The van der Waals surface area contributed by atoms with Gasteiger partial charge >= 0.3 is 5.97 Å². The van der Waals surface area contributed by atoms with Crippen LogP contribution in [-0.4, -0.2) is 29.6 Å². The Morgan fingerprint density at radius 3 is 3.07 bits per heavy atom. The van der Waals surface area contributed by atoms with Gasteiger partial charge in [0, 0.05) is 4.88 Å². The molecule has 1 aliphatic rings. The maximum absolute atomic E-state index is 11.0. The highest BCUT2D eigenvalue weighted by molar-refractivity contribution is 7.10. The molecule has 0 amide bonds. The number of aliphatic carboxylic acids is 1. The van der Waals surface area contributed by atoms with E-state index in [1.54, 1.807) is 11.3 Å². The summed E-state index contributed by atoms with van der Waals surface area (Å²) in [5.41, 5.74) is 0. The Balaban J connectivity index is 2.26. The second-order valence-corrected chi connectivity index (χ2v) is 4.65. The molecule has 76 valence electrons. The van der Waals surface area contributed by atoms with Gasteiger partial charge in [0.25, 0.3) is 0 Å². The molecular weight excluding hydrogens is 198 g/mol. The molecule has 1 saturated heterocycles. The van der Waals surface area contributed by atoms with Crippen molar-refractivity contribution >= 4 is 17.3 Å². The highest BCUT2D eigenvalue weighted by Crippen LogP contribution is 2.38. The third-order valence-corrected chi connectivity index (χ3v) is 3.74. The Bertz CT molecular complexity index is 323. The van der Waals surface area contributed by atoms with Crippen molar-refractivity contribution in [2.75, 3.05) is 13.6 Å². The molecule has 1 aromatic heterocycles. The molecule has 0 aliphatic carbocycles. The van der Waals surface area contributed by atoms with Gasteiger partial charge in [-0.3, -0.25) is 9.69 Å². The molecule has 0 aromatic carbocycles. The van der Waals surface area contributed by atoms with Gasteiger partial charge in [-0.1, -0.05) is 6.07 Å². The van der Waals surface area contributed by atoms with Crippen LogP contribution in [0.4, 0.5) is 0 Å². The van der Waals surface area contributed by atoms with E-state index in [-0.39, 0.29) is 12.0 Å². The number of carboxylic acid groups (broad SMARTS) is 1. The standard InChI is InChI=1S/C10H13NO2S/c1-11-5-4-7(10(12)13)9(11)8-3-2-6-14-8/h2-3,6-7,9H,4-5H2,1H3,(H,12,13)/t7-,9-/m0/s1. The second-order valence-electron chi connectivity index (χ2n) is 3.67. The first-order chi connectivity index (χ1) is 6.70. The quantitative estimate of drug-likeness (QED) is 0.811. The van der Waals surface area contributed by atoms with Crippen LogP contribution in [0.25, 0.3) is 0 Å². The Kier molecular flexibility index (Phi) is 2.56. The van der Waals surface area contributed by atoms with E-state index in [4.69, 9.17) is 5.11 Å². The molecule has 14 heavy (non-hydrogen) atoms.